The standard InChI is InChI=1S/C22H27FN8.HI/c1-16-28-29-20(30(16)2)14-26-22(25-13-17-7-4-3-5-8-17)27-18-10-12-31(15-18)21-19(23)9-6-11-24-21;/h3-9,11,18H,10,12-15H2,1-2H3,(H2,25,26,27);1H. The molecule has 8 nitrogen and oxygen atoms in total. The van der Waals surface area contributed by atoms with Gasteiger partial charge in [0.25, 0.3) is 0 Å². The summed E-state index contributed by atoms with van der Waals surface area (Å²) in [6.07, 6.45) is 2.49. The third-order valence-corrected chi connectivity index (χ3v) is 5.43. The molecule has 1 fully saturated rings. The molecular formula is C22H28FIN8. The zero-order chi connectivity index (χ0) is 21.6. The highest BCUT2D eigenvalue weighted by Gasteiger charge is 2.26. The van der Waals surface area contributed by atoms with Gasteiger partial charge in [-0.15, -0.1) is 34.2 Å². The first-order valence-corrected chi connectivity index (χ1v) is 10.4. The Morgan fingerprint density at radius 3 is 2.72 bits per heavy atom. The number of aryl methyl sites for hydroxylation is 1. The van der Waals surface area contributed by atoms with Crippen molar-refractivity contribution in [2.24, 2.45) is 12.0 Å². The lowest BCUT2D eigenvalue weighted by Crippen LogP contribution is -2.44. The molecule has 1 aliphatic rings. The minimum atomic E-state index is -0.295. The maximum Gasteiger partial charge on any atom is 0.192 e. The van der Waals surface area contributed by atoms with Gasteiger partial charge < -0.3 is 20.1 Å². The molecular weight excluding hydrogens is 522 g/mol. The number of benzene rings is 1. The highest BCUT2D eigenvalue weighted by molar-refractivity contribution is 14.0. The second kappa shape index (κ2) is 11.2. The Morgan fingerprint density at radius 2 is 2.00 bits per heavy atom. The van der Waals surface area contributed by atoms with Gasteiger partial charge in [0.1, 0.15) is 5.82 Å². The quantitative estimate of drug-likeness (QED) is 0.279. The molecule has 0 radical (unpaired) electrons. The van der Waals surface area contributed by atoms with Gasteiger partial charge in [0.05, 0.1) is 13.1 Å². The monoisotopic (exact) mass is 550 g/mol. The van der Waals surface area contributed by atoms with Crippen molar-refractivity contribution < 1.29 is 4.39 Å². The van der Waals surface area contributed by atoms with E-state index in [4.69, 9.17) is 4.99 Å². The molecule has 3 heterocycles. The molecule has 1 unspecified atom stereocenters. The summed E-state index contributed by atoms with van der Waals surface area (Å²) in [5, 5.41) is 15.2. The van der Waals surface area contributed by atoms with Crippen molar-refractivity contribution in [2.75, 3.05) is 18.0 Å². The third kappa shape index (κ3) is 5.93. The number of hydrogen-bond acceptors (Lipinski definition) is 5. The summed E-state index contributed by atoms with van der Waals surface area (Å²) in [5.74, 6) is 2.48. The summed E-state index contributed by atoms with van der Waals surface area (Å²) in [6.45, 7) is 4.37. The fourth-order valence-electron chi connectivity index (χ4n) is 3.55. The van der Waals surface area contributed by atoms with Crippen LogP contribution in [-0.2, 0) is 20.1 Å². The largest absolute Gasteiger partial charge is 0.352 e. The van der Waals surface area contributed by atoms with Crippen LogP contribution in [0.3, 0.4) is 0 Å². The van der Waals surface area contributed by atoms with E-state index in [1.54, 1.807) is 12.3 Å². The average Bonchev–Trinajstić information content (AvgIpc) is 3.38. The predicted molar refractivity (Wildman–Crippen MR) is 134 cm³/mol. The van der Waals surface area contributed by atoms with E-state index < -0.39 is 0 Å². The van der Waals surface area contributed by atoms with Crippen molar-refractivity contribution in [3.05, 3.63) is 71.7 Å². The number of nitrogens with zero attached hydrogens (tertiary/aromatic N) is 6. The minimum absolute atomic E-state index is 0. The fraction of sp³-hybridized carbons (Fsp3) is 0.364. The summed E-state index contributed by atoms with van der Waals surface area (Å²) in [7, 11) is 1.94. The molecule has 1 atom stereocenters. The number of rotatable bonds is 6. The van der Waals surface area contributed by atoms with Crippen LogP contribution >= 0.6 is 24.0 Å². The van der Waals surface area contributed by atoms with E-state index in [1.807, 2.05) is 53.8 Å². The Hall–Kier alpha value is -2.76. The SMILES string of the molecule is Cc1nnc(CNC(=NCc2ccccc2)NC2CCN(c3ncccc3F)C2)n1C.I. The first-order valence-electron chi connectivity index (χ1n) is 10.4. The van der Waals surface area contributed by atoms with Gasteiger partial charge in [0.2, 0.25) is 0 Å². The molecule has 0 spiro atoms. The molecule has 3 aromatic rings. The lowest BCUT2D eigenvalue weighted by Gasteiger charge is -2.20. The molecule has 1 aliphatic heterocycles. The molecule has 10 heteroatoms. The van der Waals surface area contributed by atoms with Crippen LogP contribution in [0, 0.1) is 12.7 Å². The number of anilines is 1. The summed E-state index contributed by atoms with van der Waals surface area (Å²) in [6, 6.07) is 13.3. The molecule has 0 saturated carbocycles. The van der Waals surface area contributed by atoms with E-state index in [-0.39, 0.29) is 35.8 Å². The van der Waals surface area contributed by atoms with E-state index in [0.29, 0.717) is 31.4 Å². The van der Waals surface area contributed by atoms with Gasteiger partial charge in [-0.2, -0.15) is 0 Å². The number of guanidine groups is 1. The van der Waals surface area contributed by atoms with Gasteiger partial charge in [-0.3, -0.25) is 0 Å². The van der Waals surface area contributed by atoms with Crippen LogP contribution in [-0.4, -0.2) is 44.8 Å². The summed E-state index contributed by atoms with van der Waals surface area (Å²) < 4.78 is 16.1. The van der Waals surface area contributed by atoms with Crippen LogP contribution in [0.15, 0.2) is 53.7 Å². The van der Waals surface area contributed by atoms with Crippen LogP contribution in [0.25, 0.3) is 0 Å². The Balaban J connectivity index is 0.00000289. The molecule has 32 heavy (non-hydrogen) atoms. The van der Waals surface area contributed by atoms with E-state index in [1.165, 1.54) is 6.07 Å². The van der Waals surface area contributed by atoms with Gasteiger partial charge in [-0.25, -0.2) is 14.4 Å². The maximum atomic E-state index is 14.1. The molecule has 0 amide bonds. The van der Waals surface area contributed by atoms with Crippen LogP contribution in [0.4, 0.5) is 10.2 Å². The van der Waals surface area contributed by atoms with Gasteiger partial charge in [-0.05, 0) is 31.0 Å². The zero-order valence-corrected chi connectivity index (χ0v) is 20.5. The minimum Gasteiger partial charge on any atom is -0.352 e. The Kier molecular flexibility index (Phi) is 8.37. The third-order valence-electron chi connectivity index (χ3n) is 5.43. The number of halogens is 2. The number of pyridine rings is 1. The smallest absolute Gasteiger partial charge is 0.192 e. The molecule has 2 N–H and O–H groups in total. The van der Waals surface area contributed by atoms with Gasteiger partial charge in [-0.1, -0.05) is 30.3 Å². The first-order chi connectivity index (χ1) is 15.1. The van der Waals surface area contributed by atoms with Crippen molar-refractivity contribution in [2.45, 2.75) is 32.5 Å². The lowest BCUT2D eigenvalue weighted by atomic mass is 10.2. The molecule has 0 bridgehead atoms. The van der Waals surface area contributed by atoms with Crippen molar-refractivity contribution in [1.29, 1.82) is 0 Å². The number of aromatic nitrogens is 4. The van der Waals surface area contributed by atoms with Gasteiger partial charge in [0.15, 0.2) is 23.4 Å². The second-order valence-corrected chi connectivity index (χ2v) is 7.61. The summed E-state index contributed by atoms with van der Waals surface area (Å²) in [4.78, 5) is 10.9. The molecule has 1 aromatic carbocycles. The molecule has 4 rings (SSSR count). The van der Waals surface area contributed by atoms with E-state index in [0.717, 1.165) is 30.2 Å². The summed E-state index contributed by atoms with van der Waals surface area (Å²) >= 11 is 0. The van der Waals surface area contributed by atoms with Crippen molar-refractivity contribution in [3.8, 4) is 0 Å². The topological polar surface area (TPSA) is 83.3 Å². The Labute approximate surface area is 204 Å². The van der Waals surface area contributed by atoms with Crippen molar-refractivity contribution in [1.82, 2.24) is 30.4 Å². The van der Waals surface area contributed by atoms with Gasteiger partial charge >= 0.3 is 0 Å². The lowest BCUT2D eigenvalue weighted by molar-refractivity contribution is 0.611. The number of aliphatic imine (C=N–C) groups is 1. The van der Waals surface area contributed by atoms with E-state index in [9.17, 15) is 4.39 Å². The molecule has 1 saturated heterocycles. The maximum absolute atomic E-state index is 14.1. The molecule has 0 aliphatic carbocycles. The number of nitrogens with one attached hydrogen (secondary N) is 2. The Morgan fingerprint density at radius 1 is 1.19 bits per heavy atom. The average molecular weight is 550 g/mol. The van der Waals surface area contributed by atoms with Crippen LogP contribution in [0.5, 0.6) is 0 Å². The van der Waals surface area contributed by atoms with E-state index in [2.05, 4.69) is 25.8 Å². The highest BCUT2D eigenvalue weighted by atomic mass is 127. The van der Waals surface area contributed by atoms with Crippen molar-refractivity contribution >= 4 is 35.8 Å². The first kappa shape index (κ1) is 23.9. The zero-order valence-electron chi connectivity index (χ0n) is 18.2. The molecule has 2 aromatic heterocycles. The Bertz CT molecular complexity index is 1040. The van der Waals surface area contributed by atoms with E-state index >= 15 is 0 Å². The second-order valence-electron chi connectivity index (χ2n) is 7.61. The van der Waals surface area contributed by atoms with Crippen LogP contribution < -0.4 is 15.5 Å². The van der Waals surface area contributed by atoms with Crippen molar-refractivity contribution in [3.63, 3.8) is 0 Å². The fourth-order valence-corrected chi connectivity index (χ4v) is 3.55. The predicted octanol–water partition coefficient (Wildman–Crippen LogP) is 2.79. The number of hydrogen-bond donors (Lipinski definition) is 2. The van der Waals surface area contributed by atoms with Crippen LogP contribution in [0.2, 0.25) is 0 Å². The highest BCUT2D eigenvalue weighted by Crippen LogP contribution is 2.20. The summed E-state index contributed by atoms with van der Waals surface area (Å²) in [5.41, 5.74) is 1.13. The van der Waals surface area contributed by atoms with Gasteiger partial charge in [0, 0.05) is 32.4 Å². The van der Waals surface area contributed by atoms with Crippen LogP contribution in [0.1, 0.15) is 23.6 Å². The molecule has 170 valence electrons. The normalized spacial score (nSPS) is 16.0.